The van der Waals surface area contributed by atoms with E-state index in [1.807, 2.05) is 41.8 Å². The predicted molar refractivity (Wildman–Crippen MR) is 111 cm³/mol. The lowest BCUT2D eigenvalue weighted by atomic mass is 10.2. The zero-order valence-electron chi connectivity index (χ0n) is 15.7. The molecule has 0 aliphatic rings. The number of amides is 2. The topological polar surface area (TPSA) is 88.9 Å². The molecule has 1 heterocycles. The molecule has 0 aliphatic heterocycles. The standard InChI is InChI=1S/C20H21N5O2S/c1-3-25-19(15-8-5-4-6-9-15)23-24-20(25)28-13-18(27)22-17-11-7-10-16(12-17)21-14(2)26/h4-12H,3,13H2,1-2H3,(H,21,26)(H,22,27). The Hall–Kier alpha value is -3.13. The van der Waals surface area contributed by atoms with Crippen LogP contribution in [0.3, 0.4) is 0 Å². The first-order valence-electron chi connectivity index (χ1n) is 8.85. The van der Waals surface area contributed by atoms with Crippen LogP contribution in [0, 0.1) is 0 Å². The summed E-state index contributed by atoms with van der Waals surface area (Å²) in [4.78, 5) is 23.5. The fraction of sp³-hybridized carbons (Fsp3) is 0.200. The van der Waals surface area contributed by atoms with Crippen LogP contribution in [0.15, 0.2) is 59.8 Å². The van der Waals surface area contributed by atoms with E-state index >= 15 is 0 Å². The van der Waals surface area contributed by atoms with Crippen molar-refractivity contribution in [3.63, 3.8) is 0 Å². The van der Waals surface area contributed by atoms with Crippen molar-refractivity contribution in [2.75, 3.05) is 16.4 Å². The van der Waals surface area contributed by atoms with Crippen LogP contribution >= 0.6 is 11.8 Å². The van der Waals surface area contributed by atoms with Gasteiger partial charge in [-0.15, -0.1) is 10.2 Å². The molecule has 8 heteroatoms. The van der Waals surface area contributed by atoms with Crippen molar-refractivity contribution in [1.82, 2.24) is 14.8 Å². The second-order valence-electron chi connectivity index (χ2n) is 6.02. The normalized spacial score (nSPS) is 10.5. The number of nitrogens with one attached hydrogen (secondary N) is 2. The van der Waals surface area contributed by atoms with Gasteiger partial charge in [0.15, 0.2) is 11.0 Å². The monoisotopic (exact) mass is 395 g/mol. The largest absolute Gasteiger partial charge is 0.326 e. The Balaban J connectivity index is 1.64. The molecule has 0 radical (unpaired) electrons. The molecule has 0 aliphatic carbocycles. The van der Waals surface area contributed by atoms with Crippen LogP contribution < -0.4 is 10.6 Å². The fourth-order valence-electron chi connectivity index (χ4n) is 2.69. The highest BCUT2D eigenvalue weighted by molar-refractivity contribution is 7.99. The smallest absolute Gasteiger partial charge is 0.234 e. The minimum Gasteiger partial charge on any atom is -0.326 e. The highest BCUT2D eigenvalue weighted by atomic mass is 32.2. The summed E-state index contributed by atoms with van der Waals surface area (Å²) in [6.45, 7) is 4.17. The molecule has 0 bridgehead atoms. The number of rotatable bonds is 7. The molecule has 0 atom stereocenters. The zero-order chi connectivity index (χ0) is 19.9. The molecule has 2 N–H and O–H groups in total. The van der Waals surface area contributed by atoms with Crippen molar-refractivity contribution < 1.29 is 9.59 Å². The van der Waals surface area contributed by atoms with Crippen LogP contribution in [0.1, 0.15) is 13.8 Å². The molecular weight excluding hydrogens is 374 g/mol. The molecule has 7 nitrogen and oxygen atoms in total. The molecule has 2 amide bonds. The van der Waals surface area contributed by atoms with Gasteiger partial charge in [-0.1, -0.05) is 48.2 Å². The summed E-state index contributed by atoms with van der Waals surface area (Å²) < 4.78 is 1.99. The van der Waals surface area contributed by atoms with Gasteiger partial charge in [0.05, 0.1) is 5.75 Å². The average molecular weight is 395 g/mol. The number of aromatic nitrogens is 3. The van der Waals surface area contributed by atoms with Crippen LogP contribution in [-0.2, 0) is 16.1 Å². The number of benzene rings is 2. The highest BCUT2D eigenvalue weighted by Gasteiger charge is 2.14. The fourth-order valence-corrected chi connectivity index (χ4v) is 3.49. The summed E-state index contributed by atoms with van der Waals surface area (Å²) in [5.74, 6) is 0.676. The van der Waals surface area contributed by atoms with Crippen LogP contribution in [0.25, 0.3) is 11.4 Å². The first-order valence-corrected chi connectivity index (χ1v) is 9.84. The van der Waals surface area contributed by atoms with E-state index in [9.17, 15) is 9.59 Å². The van der Waals surface area contributed by atoms with E-state index < -0.39 is 0 Å². The molecule has 144 valence electrons. The Morgan fingerprint density at radius 2 is 1.71 bits per heavy atom. The molecule has 2 aromatic carbocycles. The number of carbonyl (C=O) groups is 2. The molecule has 28 heavy (non-hydrogen) atoms. The van der Waals surface area contributed by atoms with Crippen LogP contribution in [0.5, 0.6) is 0 Å². The molecule has 3 rings (SSSR count). The number of carbonyl (C=O) groups excluding carboxylic acids is 2. The van der Waals surface area contributed by atoms with Gasteiger partial charge >= 0.3 is 0 Å². The molecule has 3 aromatic rings. The van der Waals surface area contributed by atoms with E-state index in [-0.39, 0.29) is 17.6 Å². The quantitative estimate of drug-likeness (QED) is 0.596. The van der Waals surface area contributed by atoms with Crippen LogP contribution in [-0.4, -0.2) is 32.3 Å². The van der Waals surface area contributed by atoms with Gasteiger partial charge in [0.1, 0.15) is 0 Å². The van der Waals surface area contributed by atoms with Crippen molar-refractivity contribution in [1.29, 1.82) is 0 Å². The molecule has 0 saturated heterocycles. The molecule has 0 saturated carbocycles. The zero-order valence-corrected chi connectivity index (χ0v) is 16.5. The van der Waals surface area contributed by atoms with Gasteiger partial charge in [0, 0.05) is 30.4 Å². The third kappa shape index (κ3) is 4.98. The Labute approximate surface area is 167 Å². The summed E-state index contributed by atoms with van der Waals surface area (Å²) in [6, 6.07) is 16.9. The molecule has 0 unspecified atom stereocenters. The Bertz CT molecular complexity index is 972. The molecule has 0 spiro atoms. The number of hydrogen-bond acceptors (Lipinski definition) is 5. The maximum atomic E-state index is 12.3. The van der Waals surface area contributed by atoms with E-state index in [0.29, 0.717) is 23.1 Å². The lowest BCUT2D eigenvalue weighted by molar-refractivity contribution is -0.114. The second-order valence-corrected chi connectivity index (χ2v) is 6.96. The first kappa shape index (κ1) is 19.6. The van der Waals surface area contributed by atoms with Gasteiger partial charge in [-0.2, -0.15) is 0 Å². The first-order chi connectivity index (χ1) is 13.6. The van der Waals surface area contributed by atoms with E-state index in [2.05, 4.69) is 20.8 Å². The van der Waals surface area contributed by atoms with Crippen LogP contribution in [0.2, 0.25) is 0 Å². The van der Waals surface area contributed by atoms with Gasteiger partial charge in [-0.05, 0) is 25.1 Å². The van der Waals surface area contributed by atoms with Gasteiger partial charge in [0.25, 0.3) is 0 Å². The highest BCUT2D eigenvalue weighted by Crippen LogP contribution is 2.24. The van der Waals surface area contributed by atoms with E-state index in [4.69, 9.17) is 0 Å². The minimum absolute atomic E-state index is 0.156. The predicted octanol–water partition coefficient (Wildman–Crippen LogP) is 3.65. The minimum atomic E-state index is -0.160. The number of hydrogen-bond donors (Lipinski definition) is 2. The van der Waals surface area contributed by atoms with Gasteiger partial charge in [0.2, 0.25) is 11.8 Å². The maximum absolute atomic E-state index is 12.3. The van der Waals surface area contributed by atoms with E-state index in [1.165, 1.54) is 18.7 Å². The lowest BCUT2D eigenvalue weighted by Gasteiger charge is -2.09. The van der Waals surface area contributed by atoms with Crippen molar-refractivity contribution in [3.8, 4) is 11.4 Å². The number of nitrogens with zero attached hydrogens (tertiary/aromatic N) is 3. The summed E-state index contributed by atoms with van der Waals surface area (Å²) in [5, 5.41) is 14.7. The third-order valence-corrected chi connectivity index (χ3v) is 4.83. The number of anilines is 2. The van der Waals surface area contributed by atoms with Crippen molar-refractivity contribution in [2.45, 2.75) is 25.5 Å². The van der Waals surface area contributed by atoms with Crippen molar-refractivity contribution in [3.05, 3.63) is 54.6 Å². The van der Waals surface area contributed by atoms with Gasteiger partial charge in [-0.25, -0.2) is 0 Å². The number of thioether (sulfide) groups is 1. The second kappa shape index (κ2) is 9.18. The third-order valence-electron chi connectivity index (χ3n) is 3.86. The van der Waals surface area contributed by atoms with Crippen molar-refractivity contribution >= 4 is 35.0 Å². The van der Waals surface area contributed by atoms with E-state index in [0.717, 1.165) is 11.4 Å². The summed E-state index contributed by atoms with van der Waals surface area (Å²) in [6.07, 6.45) is 0. The average Bonchev–Trinajstić information content (AvgIpc) is 3.10. The van der Waals surface area contributed by atoms with Gasteiger partial charge in [-0.3, -0.25) is 9.59 Å². The summed E-state index contributed by atoms with van der Waals surface area (Å²) >= 11 is 1.34. The van der Waals surface area contributed by atoms with E-state index in [1.54, 1.807) is 24.3 Å². The maximum Gasteiger partial charge on any atom is 0.234 e. The Kier molecular flexibility index (Phi) is 6.44. The van der Waals surface area contributed by atoms with Gasteiger partial charge < -0.3 is 15.2 Å². The lowest BCUT2D eigenvalue weighted by Crippen LogP contribution is -2.15. The molecule has 0 fully saturated rings. The Morgan fingerprint density at radius 1 is 1.00 bits per heavy atom. The molecular formula is C20H21N5O2S. The van der Waals surface area contributed by atoms with Crippen molar-refractivity contribution in [2.24, 2.45) is 0 Å². The summed E-state index contributed by atoms with van der Waals surface area (Å²) in [5.41, 5.74) is 2.25. The summed E-state index contributed by atoms with van der Waals surface area (Å²) in [7, 11) is 0. The Morgan fingerprint density at radius 3 is 2.39 bits per heavy atom. The SMILES string of the molecule is CCn1c(SCC(=O)Nc2cccc(NC(C)=O)c2)nnc1-c1ccccc1. The molecule has 1 aromatic heterocycles. The van der Waals surface area contributed by atoms with Crippen LogP contribution in [0.4, 0.5) is 11.4 Å².